The third-order valence-electron chi connectivity index (χ3n) is 3.62. The van der Waals surface area contributed by atoms with Crippen molar-refractivity contribution in [3.63, 3.8) is 0 Å². The quantitative estimate of drug-likeness (QED) is 0.857. The van der Waals surface area contributed by atoms with Crippen LogP contribution in [0.25, 0.3) is 0 Å². The van der Waals surface area contributed by atoms with Crippen LogP contribution in [-0.2, 0) is 9.53 Å². The van der Waals surface area contributed by atoms with Crippen LogP contribution in [0.3, 0.4) is 0 Å². The van der Waals surface area contributed by atoms with Crippen LogP contribution in [0.2, 0.25) is 0 Å². The summed E-state index contributed by atoms with van der Waals surface area (Å²) in [6, 6.07) is 6.73. The minimum absolute atomic E-state index is 0.180. The highest BCUT2D eigenvalue weighted by Gasteiger charge is 2.28. The predicted molar refractivity (Wildman–Crippen MR) is 71.8 cm³/mol. The maximum absolute atomic E-state index is 11.9. The summed E-state index contributed by atoms with van der Waals surface area (Å²) in [7, 11) is 1.56. The number of methoxy groups -OCH3 is 1. The van der Waals surface area contributed by atoms with Crippen molar-refractivity contribution in [3.05, 3.63) is 29.8 Å². The fraction of sp³-hybridized carbons (Fsp3) is 0.467. The first-order valence-corrected chi connectivity index (χ1v) is 6.68. The summed E-state index contributed by atoms with van der Waals surface area (Å²) in [5.41, 5.74) is 0.478. The van der Waals surface area contributed by atoms with Gasteiger partial charge in [0.05, 0.1) is 18.6 Å². The number of carbonyl (C=O) groups is 2. The Hall–Kier alpha value is -2.04. The van der Waals surface area contributed by atoms with Gasteiger partial charge >= 0.3 is 11.9 Å². The van der Waals surface area contributed by atoms with Crippen molar-refractivity contribution in [2.45, 2.75) is 31.8 Å². The molecule has 1 N–H and O–H groups in total. The molecule has 0 atom stereocenters. The number of benzene rings is 1. The van der Waals surface area contributed by atoms with E-state index >= 15 is 0 Å². The lowest BCUT2D eigenvalue weighted by Gasteiger charge is -2.25. The molecule has 0 aromatic heterocycles. The van der Waals surface area contributed by atoms with Gasteiger partial charge < -0.3 is 14.6 Å². The topological polar surface area (TPSA) is 72.8 Å². The van der Waals surface area contributed by atoms with Gasteiger partial charge in [-0.2, -0.15) is 0 Å². The van der Waals surface area contributed by atoms with Crippen molar-refractivity contribution in [1.82, 2.24) is 0 Å². The molecule has 1 aliphatic rings. The maximum atomic E-state index is 11.9. The lowest BCUT2D eigenvalue weighted by atomic mass is 9.87. The molecule has 0 spiro atoms. The molecule has 0 bridgehead atoms. The van der Waals surface area contributed by atoms with E-state index in [-0.39, 0.29) is 18.0 Å². The van der Waals surface area contributed by atoms with E-state index in [1.54, 1.807) is 31.4 Å². The number of carboxylic acids is 1. The van der Waals surface area contributed by atoms with Gasteiger partial charge in [0.1, 0.15) is 11.9 Å². The molecule has 5 heteroatoms. The molecule has 0 saturated heterocycles. The molecule has 2 rings (SSSR count). The highest BCUT2D eigenvalue weighted by Crippen LogP contribution is 2.27. The SMILES string of the molecule is COc1ccc(C(=O)OC2CCC(C(=O)O)CC2)cc1. The van der Waals surface area contributed by atoms with Crippen LogP contribution >= 0.6 is 0 Å². The van der Waals surface area contributed by atoms with Crippen LogP contribution in [0.5, 0.6) is 5.75 Å². The van der Waals surface area contributed by atoms with E-state index in [0.29, 0.717) is 37.0 Å². The van der Waals surface area contributed by atoms with Crippen molar-refractivity contribution in [2.75, 3.05) is 7.11 Å². The van der Waals surface area contributed by atoms with Crippen LogP contribution in [0.4, 0.5) is 0 Å². The molecular weight excluding hydrogens is 260 g/mol. The second-order valence-corrected chi connectivity index (χ2v) is 4.95. The smallest absolute Gasteiger partial charge is 0.338 e. The van der Waals surface area contributed by atoms with Crippen LogP contribution in [0, 0.1) is 5.92 Å². The zero-order chi connectivity index (χ0) is 14.5. The molecule has 0 radical (unpaired) electrons. The monoisotopic (exact) mass is 278 g/mol. The number of rotatable bonds is 4. The largest absolute Gasteiger partial charge is 0.497 e. The number of ether oxygens (including phenoxy) is 2. The van der Waals surface area contributed by atoms with E-state index in [4.69, 9.17) is 14.6 Å². The van der Waals surface area contributed by atoms with Gasteiger partial charge in [0, 0.05) is 0 Å². The Balaban J connectivity index is 1.87. The Labute approximate surface area is 117 Å². The molecule has 0 amide bonds. The second kappa shape index (κ2) is 6.41. The van der Waals surface area contributed by atoms with Gasteiger partial charge in [-0.1, -0.05) is 0 Å². The number of esters is 1. The van der Waals surface area contributed by atoms with E-state index in [2.05, 4.69) is 0 Å². The average molecular weight is 278 g/mol. The van der Waals surface area contributed by atoms with Crippen LogP contribution in [-0.4, -0.2) is 30.3 Å². The highest BCUT2D eigenvalue weighted by molar-refractivity contribution is 5.89. The average Bonchev–Trinajstić information content (AvgIpc) is 2.48. The Morgan fingerprint density at radius 3 is 2.20 bits per heavy atom. The summed E-state index contributed by atoms with van der Waals surface area (Å²) in [5.74, 6) is -0.745. The Morgan fingerprint density at radius 1 is 1.10 bits per heavy atom. The molecule has 1 fully saturated rings. The second-order valence-electron chi connectivity index (χ2n) is 4.95. The molecule has 1 aromatic carbocycles. The van der Waals surface area contributed by atoms with E-state index < -0.39 is 5.97 Å². The number of hydrogen-bond acceptors (Lipinski definition) is 4. The first kappa shape index (κ1) is 14.4. The highest BCUT2D eigenvalue weighted by atomic mass is 16.5. The summed E-state index contributed by atoms with van der Waals surface area (Å²) >= 11 is 0. The molecule has 1 aliphatic carbocycles. The standard InChI is InChI=1S/C15H18O5/c1-19-12-6-4-11(5-7-12)15(18)20-13-8-2-10(3-9-13)14(16)17/h4-7,10,13H,2-3,8-9H2,1H3,(H,16,17). The Bertz CT molecular complexity index is 472. The van der Waals surface area contributed by atoms with E-state index in [9.17, 15) is 9.59 Å². The van der Waals surface area contributed by atoms with Gasteiger partial charge in [-0.25, -0.2) is 4.79 Å². The summed E-state index contributed by atoms with van der Waals surface area (Å²) in [6.45, 7) is 0. The Morgan fingerprint density at radius 2 is 1.70 bits per heavy atom. The molecule has 108 valence electrons. The summed E-state index contributed by atoms with van der Waals surface area (Å²) < 4.78 is 10.4. The Kier molecular flexibility index (Phi) is 4.61. The van der Waals surface area contributed by atoms with E-state index in [1.165, 1.54) is 0 Å². The van der Waals surface area contributed by atoms with Gasteiger partial charge in [0.15, 0.2) is 0 Å². The van der Waals surface area contributed by atoms with Crippen molar-refractivity contribution in [3.8, 4) is 5.75 Å². The lowest BCUT2D eigenvalue weighted by Crippen LogP contribution is -2.27. The van der Waals surface area contributed by atoms with Gasteiger partial charge in [-0.15, -0.1) is 0 Å². The van der Waals surface area contributed by atoms with Gasteiger partial charge in [0.2, 0.25) is 0 Å². The van der Waals surface area contributed by atoms with Gasteiger partial charge in [-0.05, 0) is 49.9 Å². The summed E-state index contributed by atoms with van der Waals surface area (Å²) in [4.78, 5) is 22.8. The zero-order valence-corrected chi connectivity index (χ0v) is 11.4. The van der Waals surface area contributed by atoms with Crippen LogP contribution in [0.15, 0.2) is 24.3 Å². The maximum Gasteiger partial charge on any atom is 0.338 e. The van der Waals surface area contributed by atoms with Crippen LogP contribution in [0.1, 0.15) is 36.0 Å². The fourth-order valence-corrected chi connectivity index (χ4v) is 2.37. The van der Waals surface area contributed by atoms with Crippen molar-refractivity contribution in [1.29, 1.82) is 0 Å². The fourth-order valence-electron chi connectivity index (χ4n) is 2.37. The molecule has 0 aliphatic heterocycles. The molecule has 0 heterocycles. The normalized spacial score (nSPS) is 22.1. The zero-order valence-electron chi connectivity index (χ0n) is 11.4. The number of hydrogen-bond donors (Lipinski definition) is 1. The predicted octanol–water partition coefficient (Wildman–Crippen LogP) is 2.50. The third-order valence-corrected chi connectivity index (χ3v) is 3.62. The lowest BCUT2D eigenvalue weighted by molar-refractivity contribution is -0.143. The molecule has 20 heavy (non-hydrogen) atoms. The van der Waals surface area contributed by atoms with Crippen molar-refractivity contribution < 1.29 is 24.2 Å². The summed E-state index contributed by atoms with van der Waals surface area (Å²) in [6.07, 6.45) is 2.17. The van der Waals surface area contributed by atoms with Crippen LogP contribution < -0.4 is 4.74 Å². The third kappa shape index (κ3) is 3.50. The number of aliphatic carboxylic acids is 1. The number of carboxylic acid groups (broad SMARTS) is 1. The summed E-state index contributed by atoms with van der Waals surface area (Å²) in [5, 5.41) is 8.91. The first-order chi connectivity index (χ1) is 9.60. The van der Waals surface area contributed by atoms with E-state index in [0.717, 1.165) is 0 Å². The first-order valence-electron chi connectivity index (χ1n) is 6.68. The molecular formula is C15H18O5. The minimum Gasteiger partial charge on any atom is -0.497 e. The number of carbonyl (C=O) groups excluding carboxylic acids is 1. The molecule has 0 unspecified atom stereocenters. The van der Waals surface area contributed by atoms with Crippen molar-refractivity contribution in [2.24, 2.45) is 5.92 Å². The molecule has 1 saturated carbocycles. The minimum atomic E-state index is -0.759. The van der Waals surface area contributed by atoms with Gasteiger partial charge in [-0.3, -0.25) is 4.79 Å². The molecule has 1 aromatic rings. The molecule has 5 nitrogen and oxygen atoms in total. The van der Waals surface area contributed by atoms with Gasteiger partial charge in [0.25, 0.3) is 0 Å². The van der Waals surface area contributed by atoms with E-state index in [1.807, 2.05) is 0 Å². The van der Waals surface area contributed by atoms with Crippen molar-refractivity contribution >= 4 is 11.9 Å².